The SMILES string of the molecule is CC1(C(=O)Nc2cc(Cl)cc(Cl)c2)Cc2ccccc2C(=O)O1. The fraction of sp³-hybridized carbons (Fsp3) is 0.176. The highest BCUT2D eigenvalue weighted by Gasteiger charge is 2.42. The van der Waals surface area contributed by atoms with Crippen molar-refractivity contribution in [3.63, 3.8) is 0 Å². The van der Waals surface area contributed by atoms with Crippen LogP contribution in [0.4, 0.5) is 5.69 Å². The van der Waals surface area contributed by atoms with Gasteiger partial charge in [0.1, 0.15) is 0 Å². The average molecular weight is 350 g/mol. The number of cyclic esters (lactones) is 1. The van der Waals surface area contributed by atoms with E-state index in [0.717, 1.165) is 5.56 Å². The van der Waals surface area contributed by atoms with Gasteiger partial charge in [0.05, 0.1) is 5.56 Å². The zero-order valence-electron chi connectivity index (χ0n) is 12.2. The molecule has 1 amide bonds. The lowest BCUT2D eigenvalue weighted by atomic mass is 9.89. The van der Waals surface area contributed by atoms with Crippen LogP contribution in [0.25, 0.3) is 0 Å². The molecule has 0 saturated heterocycles. The van der Waals surface area contributed by atoms with E-state index in [4.69, 9.17) is 27.9 Å². The van der Waals surface area contributed by atoms with Crippen LogP contribution >= 0.6 is 23.2 Å². The molecule has 6 heteroatoms. The second-order valence-electron chi connectivity index (χ2n) is 5.57. The maximum atomic E-state index is 12.6. The number of ether oxygens (including phenoxy) is 1. The number of amides is 1. The summed E-state index contributed by atoms with van der Waals surface area (Å²) in [5, 5.41) is 3.51. The number of fused-ring (bicyclic) bond motifs is 1. The predicted octanol–water partition coefficient (Wildman–Crippen LogP) is 4.10. The van der Waals surface area contributed by atoms with E-state index in [1.807, 2.05) is 12.1 Å². The number of esters is 1. The Balaban J connectivity index is 1.86. The molecule has 3 rings (SSSR count). The van der Waals surface area contributed by atoms with E-state index in [1.165, 1.54) is 0 Å². The summed E-state index contributed by atoms with van der Waals surface area (Å²) in [5.41, 5.74) is 0.429. The lowest BCUT2D eigenvalue weighted by Crippen LogP contribution is -2.48. The highest BCUT2D eigenvalue weighted by molar-refractivity contribution is 6.35. The van der Waals surface area contributed by atoms with Gasteiger partial charge in [-0.3, -0.25) is 4.79 Å². The van der Waals surface area contributed by atoms with Gasteiger partial charge in [-0.2, -0.15) is 0 Å². The standard InChI is InChI=1S/C17H13Cl2NO3/c1-17(9-10-4-2-3-5-14(10)15(21)23-17)16(22)20-13-7-11(18)6-12(19)8-13/h2-8H,9H2,1H3,(H,20,22). The first-order valence-electron chi connectivity index (χ1n) is 6.96. The van der Waals surface area contributed by atoms with E-state index in [1.54, 1.807) is 37.3 Å². The van der Waals surface area contributed by atoms with Crippen LogP contribution in [-0.4, -0.2) is 17.5 Å². The molecule has 1 atom stereocenters. The molecular formula is C17H13Cl2NO3. The number of carbonyl (C=O) groups is 2. The highest BCUT2D eigenvalue weighted by Crippen LogP contribution is 2.30. The largest absolute Gasteiger partial charge is 0.445 e. The van der Waals surface area contributed by atoms with Gasteiger partial charge in [0.25, 0.3) is 5.91 Å². The maximum absolute atomic E-state index is 12.6. The summed E-state index contributed by atoms with van der Waals surface area (Å²) < 4.78 is 5.38. The molecule has 0 spiro atoms. The smallest absolute Gasteiger partial charge is 0.339 e. The molecule has 118 valence electrons. The molecule has 2 aromatic rings. The normalized spacial score (nSPS) is 19.7. The van der Waals surface area contributed by atoms with E-state index in [2.05, 4.69) is 5.32 Å². The minimum Gasteiger partial charge on any atom is -0.445 e. The number of hydrogen-bond acceptors (Lipinski definition) is 3. The van der Waals surface area contributed by atoms with E-state index < -0.39 is 17.5 Å². The zero-order valence-corrected chi connectivity index (χ0v) is 13.7. The van der Waals surface area contributed by atoms with E-state index in [9.17, 15) is 9.59 Å². The quantitative estimate of drug-likeness (QED) is 0.830. The number of rotatable bonds is 2. The number of benzene rings is 2. The molecule has 2 aromatic carbocycles. The molecule has 0 radical (unpaired) electrons. The van der Waals surface area contributed by atoms with Crippen LogP contribution in [0.5, 0.6) is 0 Å². The Morgan fingerprint density at radius 2 is 1.83 bits per heavy atom. The summed E-state index contributed by atoms with van der Waals surface area (Å²) in [6.07, 6.45) is 0.301. The third-order valence-electron chi connectivity index (χ3n) is 3.68. The summed E-state index contributed by atoms with van der Waals surface area (Å²) in [5.74, 6) is -0.938. The first kappa shape index (κ1) is 15.8. The molecule has 0 aromatic heterocycles. The minimum atomic E-state index is -1.29. The molecule has 4 nitrogen and oxygen atoms in total. The highest BCUT2D eigenvalue weighted by atomic mass is 35.5. The van der Waals surface area contributed by atoms with Crippen LogP contribution in [0.3, 0.4) is 0 Å². The van der Waals surface area contributed by atoms with Crippen molar-refractivity contribution in [1.82, 2.24) is 0 Å². The molecule has 1 aliphatic heterocycles. The van der Waals surface area contributed by atoms with E-state index in [-0.39, 0.29) is 0 Å². The molecule has 0 saturated carbocycles. The number of nitrogens with one attached hydrogen (secondary N) is 1. The summed E-state index contributed by atoms with van der Waals surface area (Å²) in [6.45, 7) is 1.59. The van der Waals surface area contributed by atoms with Crippen molar-refractivity contribution in [3.8, 4) is 0 Å². The summed E-state index contributed by atoms with van der Waals surface area (Å²) in [7, 11) is 0. The third-order valence-corrected chi connectivity index (χ3v) is 4.12. The Kier molecular flexibility index (Phi) is 4.04. The molecule has 0 aliphatic carbocycles. The van der Waals surface area contributed by atoms with Crippen LogP contribution in [0, 0.1) is 0 Å². The molecule has 1 heterocycles. The van der Waals surface area contributed by atoms with Crippen LogP contribution in [0.15, 0.2) is 42.5 Å². The molecule has 1 N–H and O–H groups in total. The number of carbonyl (C=O) groups excluding carboxylic acids is 2. The summed E-state index contributed by atoms with van der Waals surface area (Å²) >= 11 is 11.8. The fourth-order valence-electron chi connectivity index (χ4n) is 2.55. The van der Waals surface area contributed by atoms with Gasteiger partial charge in [-0.05, 0) is 36.8 Å². The lowest BCUT2D eigenvalue weighted by molar-refractivity contribution is -0.134. The van der Waals surface area contributed by atoms with E-state index >= 15 is 0 Å². The van der Waals surface area contributed by atoms with Crippen molar-refractivity contribution in [2.75, 3.05) is 5.32 Å². The first-order valence-corrected chi connectivity index (χ1v) is 7.72. The van der Waals surface area contributed by atoms with Crippen LogP contribution in [0.2, 0.25) is 10.0 Å². The minimum absolute atomic E-state index is 0.301. The van der Waals surface area contributed by atoms with Gasteiger partial charge < -0.3 is 10.1 Å². The van der Waals surface area contributed by atoms with Gasteiger partial charge in [-0.25, -0.2) is 4.79 Å². The number of halogens is 2. The maximum Gasteiger partial charge on any atom is 0.339 e. The predicted molar refractivity (Wildman–Crippen MR) is 89.1 cm³/mol. The van der Waals surface area contributed by atoms with Crippen LogP contribution in [-0.2, 0) is 16.0 Å². The monoisotopic (exact) mass is 349 g/mol. The van der Waals surface area contributed by atoms with Gasteiger partial charge in [0.2, 0.25) is 0 Å². The molecule has 1 aliphatic rings. The van der Waals surface area contributed by atoms with Gasteiger partial charge in [-0.15, -0.1) is 0 Å². The van der Waals surface area contributed by atoms with Crippen molar-refractivity contribution >= 4 is 40.8 Å². The van der Waals surface area contributed by atoms with Gasteiger partial charge in [-0.1, -0.05) is 41.4 Å². The number of hydrogen-bond donors (Lipinski definition) is 1. The average Bonchev–Trinajstić information content (AvgIpc) is 2.46. The van der Waals surface area contributed by atoms with Crippen LogP contribution in [0.1, 0.15) is 22.8 Å². The molecule has 1 unspecified atom stereocenters. The van der Waals surface area contributed by atoms with Crippen LogP contribution < -0.4 is 5.32 Å². The summed E-state index contributed by atoms with van der Waals surface area (Å²) in [6, 6.07) is 11.8. The van der Waals surface area contributed by atoms with Gasteiger partial charge in [0.15, 0.2) is 5.60 Å². The topological polar surface area (TPSA) is 55.4 Å². The fourth-order valence-corrected chi connectivity index (χ4v) is 3.07. The Morgan fingerprint density at radius 1 is 1.17 bits per heavy atom. The van der Waals surface area contributed by atoms with Crippen molar-refractivity contribution in [1.29, 1.82) is 0 Å². The van der Waals surface area contributed by atoms with Crippen molar-refractivity contribution < 1.29 is 14.3 Å². The lowest BCUT2D eigenvalue weighted by Gasteiger charge is -2.33. The van der Waals surface area contributed by atoms with Crippen molar-refractivity contribution in [3.05, 3.63) is 63.6 Å². The molecular weight excluding hydrogens is 337 g/mol. The first-order chi connectivity index (χ1) is 10.9. The molecule has 23 heavy (non-hydrogen) atoms. The Labute approximate surface area is 143 Å². The van der Waals surface area contributed by atoms with E-state index in [0.29, 0.717) is 27.7 Å². The second-order valence-corrected chi connectivity index (χ2v) is 6.44. The Bertz CT molecular complexity index is 786. The second kappa shape index (κ2) is 5.87. The Hall–Kier alpha value is -2.04. The van der Waals surface area contributed by atoms with Gasteiger partial charge >= 0.3 is 5.97 Å². The molecule has 0 bridgehead atoms. The number of anilines is 1. The Morgan fingerprint density at radius 3 is 2.52 bits per heavy atom. The third kappa shape index (κ3) is 3.19. The van der Waals surface area contributed by atoms with Gasteiger partial charge in [0, 0.05) is 22.2 Å². The molecule has 0 fully saturated rings. The summed E-state index contributed by atoms with van der Waals surface area (Å²) in [4.78, 5) is 24.7. The zero-order chi connectivity index (χ0) is 16.6. The van der Waals surface area contributed by atoms with Crippen molar-refractivity contribution in [2.24, 2.45) is 0 Å². The van der Waals surface area contributed by atoms with Crippen molar-refractivity contribution in [2.45, 2.75) is 18.9 Å².